The molecule has 0 aliphatic heterocycles. The predicted octanol–water partition coefficient (Wildman–Crippen LogP) is 4.52. The maximum Gasteiger partial charge on any atom is 0.126 e. The van der Waals surface area contributed by atoms with Gasteiger partial charge in [0.1, 0.15) is 5.75 Å². The monoisotopic (exact) mass is 234 g/mol. The molecule has 0 spiro atoms. The van der Waals surface area contributed by atoms with Crippen molar-refractivity contribution in [2.24, 2.45) is 0 Å². The Bertz CT molecular complexity index is 699. The highest BCUT2D eigenvalue weighted by molar-refractivity contribution is 6.00. The topological polar surface area (TPSA) is 20.2 Å². The summed E-state index contributed by atoms with van der Waals surface area (Å²) in [7, 11) is 0. The number of rotatable bonds is 1. The number of phenolic OH excluding ortho intramolecular Hbond substituents is 1. The molecule has 0 atom stereocenters. The molecule has 0 radical (unpaired) electrons. The summed E-state index contributed by atoms with van der Waals surface area (Å²) in [5.41, 5.74) is 3.26. The zero-order valence-corrected chi connectivity index (χ0v) is 10.2. The van der Waals surface area contributed by atoms with Gasteiger partial charge in [0.05, 0.1) is 0 Å². The molecule has 0 fully saturated rings. The van der Waals surface area contributed by atoms with Crippen molar-refractivity contribution >= 4 is 10.8 Å². The maximum atomic E-state index is 10.1. The molecule has 0 aromatic heterocycles. The molecular formula is C17H14O. The molecule has 3 aromatic carbocycles. The first-order valence-electron chi connectivity index (χ1n) is 6.04. The molecular weight excluding hydrogens is 220 g/mol. The van der Waals surface area contributed by atoms with E-state index in [1.165, 1.54) is 11.1 Å². The third-order valence-corrected chi connectivity index (χ3v) is 3.29. The molecule has 88 valence electrons. The van der Waals surface area contributed by atoms with Gasteiger partial charge in [-0.05, 0) is 35.1 Å². The average molecular weight is 234 g/mol. The van der Waals surface area contributed by atoms with Crippen LogP contribution in [-0.2, 0) is 0 Å². The number of aryl methyl sites for hydroxylation is 1. The van der Waals surface area contributed by atoms with Gasteiger partial charge in [0.15, 0.2) is 0 Å². The Morgan fingerprint density at radius 3 is 2.11 bits per heavy atom. The zero-order valence-electron chi connectivity index (χ0n) is 10.2. The molecule has 1 N–H and O–H groups in total. The van der Waals surface area contributed by atoms with Crippen LogP contribution in [0.25, 0.3) is 21.9 Å². The summed E-state index contributed by atoms with van der Waals surface area (Å²) in [6.45, 7) is 1.94. The van der Waals surface area contributed by atoms with Crippen molar-refractivity contribution in [3.05, 3.63) is 66.2 Å². The number of hydrogen-bond donors (Lipinski definition) is 1. The van der Waals surface area contributed by atoms with E-state index < -0.39 is 0 Å². The normalized spacial score (nSPS) is 10.7. The van der Waals surface area contributed by atoms with Crippen molar-refractivity contribution in [1.82, 2.24) is 0 Å². The minimum Gasteiger partial charge on any atom is -0.507 e. The average Bonchev–Trinajstić information content (AvgIpc) is 2.44. The summed E-state index contributed by atoms with van der Waals surface area (Å²) in [4.78, 5) is 0. The van der Waals surface area contributed by atoms with Crippen LogP contribution in [0.1, 0.15) is 5.56 Å². The maximum absolute atomic E-state index is 10.1. The van der Waals surface area contributed by atoms with E-state index in [2.05, 4.69) is 18.2 Å². The van der Waals surface area contributed by atoms with Crippen molar-refractivity contribution in [1.29, 1.82) is 0 Å². The molecule has 0 unspecified atom stereocenters. The Labute approximate surface area is 106 Å². The Morgan fingerprint density at radius 1 is 0.778 bits per heavy atom. The quantitative estimate of drug-likeness (QED) is 0.656. The lowest BCUT2D eigenvalue weighted by Gasteiger charge is -2.11. The first kappa shape index (κ1) is 10.8. The molecule has 0 aliphatic rings. The van der Waals surface area contributed by atoms with Crippen LogP contribution in [-0.4, -0.2) is 5.11 Å². The number of aromatic hydroxyl groups is 1. The fourth-order valence-electron chi connectivity index (χ4n) is 2.36. The smallest absolute Gasteiger partial charge is 0.126 e. The number of benzene rings is 3. The lowest BCUT2D eigenvalue weighted by atomic mass is 9.95. The SMILES string of the molecule is Cc1cc(-c2ccccc2)c2ccccc2c1O. The molecule has 1 nitrogen and oxygen atoms in total. The molecule has 0 bridgehead atoms. The third-order valence-electron chi connectivity index (χ3n) is 3.29. The van der Waals surface area contributed by atoms with E-state index in [9.17, 15) is 5.11 Å². The van der Waals surface area contributed by atoms with Gasteiger partial charge in [0.25, 0.3) is 0 Å². The molecule has 0 saturated heterocycles. The van der Waals surface area contributed by atoms with Gasteiger partial charge < -0.3 is 5.11 Å². The Hall–Kier alpha value is -2.28. The summed E-state index contributed by atoms with van der Waals surface area (Å²) in [5, 5.41) is 12.1. The van der Waals surface area contributed by atoms with Gasteiger partial charge in [-0.25, -0.2) is 0 Å². The van der Waals surface area contributed by atoms with Crippen LogP contribution in [0.5, 0.6) is 5.75 Å². The first-order valence-corrected chi connectivity index (χ1v) is 6.04. The summed E-state index contributed by atoms with van der Waals surface area (Å²) in [6.07, 6.45) is 0. The van der Waals surface area contributed by atoms with Crippen LogP contribution >= 0.6 is 0 Å². The van der Waals surface area contributed by atoms with Crippen LogP contribution in [0, 0.1) is 6.92 Å². The van der Waals surface area contributed by atoms with Crippen LogP contribution in [0.3, 0.4) is 0 Å². The minimum absolute atomic E-state index is 0.380. The van der Waals surface area contributed by atoms with Crippen LogP contribution in [0.15, 0.2) is 60.7 Å². The van der Waals surface area contributed by atoms with Crippen LogP contribution < -0.4 is 0 Å². The zero-order chi connectivity index (χ0) is 12.5. The van der Waals surface area contributed by atoms with E-state index >= 15 is 0 Å². The highest BCUT2D eigenvalue weighted by atomic mass is 16.3. The fourth-order valence-corrected chi connectivity index (χ4v) is 2.36. The van der Waals surface area contributed by atoms with E-state index in [-0.39, 0.29) is 0 Å². The summed E-state index contributed by atoms with van der Waals surface area (Å²) in [6, 6.07) is 20.3. The highest BCUT2D eigenvalue weighted by Crippen LogP contribution is 2.36. The van der Waals surface area contributed by atoms with Gasteiger partial charge in [0, 0.05) is 5.39 Å². The summed E-state index contributed by atoms with van der Waals surface area (Å²) < 4.78 is 0. The van der Waals surface area contributed by atoms with Gasteiger partial charge in [-0.1, -0.05) is 54.6 Å². The number of fused-ring (bicyclic) bond motifs is 1. The lowest BCUT2D eigenvalue weighted by Crippen LogP contribution is -1.85. The number of hydrogen-bond acceptors (Lipinski definition) is 1. The lowest BCUT2D eigenvalue weighted by molar-refractivity contribution is 0.477. The van der Waals surface area contributed by atoms with Crippen LogP contribution in [0.4, 0.5) is 0 Å². The molecule has 18 heavy (non-hydrogen) atoms. The first-order chi connectivity index (χ1) is 8.77. The van der Waals surface area contributed by atoms with E-state index in [0.717, 1.165) is 16.3 Å². The molecule has 0 heterocycles. The van der Waals surface area contributed by atoms with Gasteiger partial charge in [-0.3, -0.25) is 0 Å². The second kappa shape index (κ2) is 4.19. The highest BCUT2D eigenvalue weighted by Gasteiger charge is 2.09. The molecule has 0 aliphatic carbocycles. The largest absolute Gasteiger partial charge is 0.507 e. The second-order valence-electron chi connectivity index (χ2n) is 4.50. The van der Waals surface area contributed by atoms with Crippen molar-refractivity contribution in [2.75, 3.05) is 0 Å². The number of phenols is 1. The van der Waals surface area contributed by atoms with Crippen molar-refractivity contribution in [2.45, 2.75) is 6.92 Å². The second-order valence-corrected chi connectivity index (χ2v) is 4.50. The Morgan fingerprint density at radius 2 is 1.39 bits per heavy atom. The van der Waals surface area contributed by atoms with Gasteiger partial charge in [0.2, 0.25) is 0 Å². The molecule has 3 aromatic rings. The van der Waals surface area contributed by atoms with E-state index in [1.807, 2.05) is 49.4 Å². The Kier molecular flexibility index (Phi) is 2.52. The van der Waals surface area contributed by atoms with Gasteiger partial charge in [-0.2, -0.15) is 0 Å². The van der Waals surface area contributed by atoms with E-state index in [0.29, 0.717) is 5.75 Å². The van der Waals surface area contributed by atoms with Crippen molar-refractivity contribution in [3.8, 4) is 16.9 Å². The van der Waals surface area contributed by atoms with E-state index in [4.69, 9.17) is 0 Å². The van der Waals surface area contributed by atoms with E-state index in [1.54, 1.807) is 0 Å². The molecule has 0 saturated carbocycles. The summed E-state index contributed by atoms with van der Waals surface area (Å²) in [5.74, 6) is 0.380. The standard InChI is InChI=1S/C17H14O/c1-12-11-16(13-7-3-2-4-8-13)14-9-5-6-10-15(14)17(12)18/h2-11,18H,1H3. The Balaban J connectivity index is 2.40. The van der Waals surface area contributed by atoms with Crippen molar-refractivity contribution in [3.63, 3.8) is 0 Å². The van der Waals surface area contributed by atoms with Crippen molar-refractivity contribution < 1.29 is 5.11 Å². The molecule has 0 amide bonds. The summed E-state index contributed by atoms with van der Waals surface area (Å²) >= 11 is 0. The fraction of sp³-hybridized carbons (Fsp3) is 0.0588. The molecule has 1 heteroatoms. The molecule has 3 rings (SSSR count). The third kappa shape index (κ3) is 1.65. The van der Waals surface area contributed by atoms with Gasteiger partial charge in [-0.15, -0.1) is 0 Å². The predicted molar refractivity (Wildman–Crippen MR) is 75.8 cm³/mol. The van der Waals surface area contributed by atoms with Gasteiger partial charge >= 0.3 is 0 Å². The minimum atomic E-state index is 0.380. The van der Waals surface area contributed by atoms with Crippen LogP contribution in [0.2, 0.25) is 0 Å².